The molecule has 1 amide bonds. The molecule has 1 aliphatic heterocycles. The molecule has 4 rings (SSSR count). The van der Waals surface area contributed by atoms with Crippen molar-refractivity contribution in [3.05, 3.63) is 46.4 Å². The number of nitrogen functional groups attached to an aromatic ring is 1. The molecule has 9 heteroatoms. The van der Waals surface area contributed by atoms with Gasteiger partial charge in [0.15, 0.2) is 0 Å². The van der Waals surface area contributed by atoms with Gasteiger partial charge in [0.25, 0.3) is 17.1 Å². The predicted octanol–water partition coefficient (Wildman–Crippen LogP) is -0.851. The molecular weight excluding hydrogens is 348 g/mol. The number of carbonyl (C=O) groups is 1. The highest BCUT2D eigenvalue weighted by Crippen LogP contribution is 2.14. The maximum Gasteiger partial charge on any atom is 0.278 e. The minimum Gasteiger partial charge on any atom is -0.379 e. The fourth-order valence-electron chi connectivity index (χ4n) is 3.39. The van der Waals surface area contributed by atoms with Crippen molar-refractivity contribution >= 4 is 28.4 Å². The Morgan fingerprint density at radius 1 is 1.30 bits per heavy atom. The van der Waals surface area contributed by atoms with Gasteiger partial charge in [-0.3, -0.25) is 18.9 Å². The molecular formula is C18H21N6O3+. The molecule has 4 heterocycles. The van der Waals surface area contributed by atoms with Crippen LogP contribution in [0.15, 0.2) is 35.3 Å². The van der Waals surface area contributed by atoms with Gasteiger partial charge in [-0.1, -0.05) is 11.1 Å². The van der Waals surface area contributed by atoms with Crippen molar-refractivity contribution in [1.82, 2.24) is 14.3 Å². The van der Waals surface area contributed by atoms with Crippen LogP contribution in [-0.4, -0.2) is 53.0 Å². The fourth-order valence-corrected chi connectivity index (χ4v) is 3.39. The van der Waals surface area contributed by atoms with Gasteiger partial charge in [0, 0.05) is 25.8 Å². The molecule has 4 N–H and O–H groups in total. The zero-order valence-electron chi connectivity index (χ0n) is 14.8. The van der Waals surface area contributed by atoms with E-state index in [0.29, 0.717) is 43.0 Å². The Morgan fingerprint density at radius 2 is 2.07 bits per heavy atom. The van der Waals surface area contributed by atoms with Gasteiger partial charge in [0.05, 0.1) is 19.8 Å². The van der Waals surface area contributed by atoms with Crippen LogP contribution < -0.4 is 21.6 Å². The third-order valence-electron chi connectivity index (χ3n) is 4.87. The highest BCUT2D eigenvalue weighted by molar-refractivity contribution is 5.99. The van der Waals surface area contributed by atoms with Crippen molar-refractivity contribution in [2.45, 2.75) is 6.54 Å². The van der Waals surface area contributed by atoms with Crippen LogP contribution in [0.5, 0.6) is 0 Å². The molecule has 3 aromatic heterocycles. The number of pyridine rings is 2. The highest BCUT2D eigenvalue weighted by Gasteiger charge is 2.23. The maximum absolute atomic E-state index is 12.9. The number of primary amides is 1. The van der Waals surface area contributed by atoms with E-state index in [2.05, 4.69) is 9.88 Å². The topological polar surface area (TPSA) is 120 Å². The summed E-state index contributed by atoms with van der Waals surface area (Å²) in [4.78, 5) is 31.6. The molecule has 0 bridgehead atoms. The van der Waals surface area contributed by atoms with Gasteiger partial charge in [0.1, 0.15) is 10.9 Å². The van der Waals surface area contributed by atoms with Crippen molar-refractivity contribution in [1.29, 1.82) is 0 Å². The van der Waals surface area contributed by atoms with Crippen molar-refractivity contribution in [3.8, 4) is 0 Å². The Bertz CT molecular complexity index is 1090. The number of rotatable bonds is 4. The molecule has 27 heavy (non-hydrogen) atoms. The number of hydrogen-bond acceptors (Lipinski definition) is 6. The van der Waals surface area contributed by atoms with Crippen molar-refractivity contribution in [2.24, 2.45) is 5.73 Å². The summed E-state index contributed by atoms with van der Waals surface area (Å²) in [7, 11) is 0. The number of nitrogens with zero attached hydrogens (tertiary/aromatic N) is 4. The average Bonchev–Trinajstić information content (AvgIpc) is 2.68. The maximum atomic E-state index is 12.9. The van der Waals surface area contributed by atoms with E-state index >= 15 is 0 Å². The largest absolute Gasteiger partial charge is 0.379 e. The van der Waals surface area contributed by atoms with Crippen LogP contribution in [0.2, 0.25) is 0 Å². The van der Waals surface area contributed by atoms with Crippen LogP contribution in [0.4, 0.5) is 5.82 Å². The first-order valence-corrected chi connectivity index (χ1v) is 8.79. The van der Waals surface area contributed by atoms with Crippen LogP contribution in [-0.2, 0) is 11.3 Å². The van der Waals surface area contributed by atoms with Crippen LogP contribution in [0.25, 0.3) is 16.7 Å². The summed E-state index contributed by atoms with van der Waals surface area (Å²) in [5.74, 6) is -0.456. The number of aromatic nitrogens is 3. The van der Waals surface area contributed by atoms with Gasteiger partial charge >= 0.3 is 0 Å². The molecule has 0 aromatic carbocycles. The summed E-state index contributed by atoms with van der Waals surface area (Å²) in [5, 5.41) is 0.309. The van der Waals surface area contributed by atoms with Gasteiger partial charge in [-0.15, -0.1) is 0 Å². The molecule has 0 radical (unpaired) electrons. The quantitative estimate of drug-likeness (QED) is 0.457. The number of anilines is 1. The number of morpholine rings is 1. The molecule has 0 spiro atoms. The number of fused-ring (bicyclic) bond motifs is 2. The average molecular weight is 369 g/mol. The van der Waals surface area contributed by atoms with Crippen LogP contribution in [0.3, 0.4) is 0 Å². The number of nitrogens with two attached hydrogens (primary N) is 2. The first-order valence-electron chi connectivity index (χ1n) is 8.79. The van der Waals surface area contributed by atoms with E-state index in [0.717, 1.165) is 13.1 Å². The van der Waals surface area contributed by atoms with Crippen molar-refractivity contribution in [2.75, 3.05) is 38.6 Å². The summed E-state index contributed by atoms with van der Waals surface area (Å²) >= 11 is 0. The van der Waals surface area contributed by atoms with Crippen LogP contribution in [0.1, 0.15) is 10.4 Å². The molecule has 9 nitrogen and oxygen atoms in total. The third-order valence-corrected chi connectivity index (χ3v) is 4.87. The monoisotopic (exact) mass is 369 g/mol. The summed E-state index contributed by atoms with van der Waals surface area (Å²) in [6.45, 7) is 4.21. The standard InChI is InChI=1S/C18H20N6O3/c19-15-12(16(20)25)11-13-17(21-14-3-1-2-4-23(14)18(13)26)24(15)6-5-22-7-9-27-10-8-22/h1-4,11,19H,5-10H2,(H2,20,25)/p+1. The Hall–Kier alpha value is -3.04. The molecule has 1 fully saturated rings. The molecule has 3 aromatic rings. The zero-order chi connectivity index (χ0) is 19.0. The molecule has 1 saturated heterocycles. The number of carbonyl (C=O) groups excluding carboxylic acids is 1. The van der Waals surface area contributed by atoms with Gasteiger partial charge in [0.2, 0.25) is 11.5 Å². The minimum absolute atomic E-state index is 0.124. The van der Waals surface area contributed by atoms with E-state index in [-0.39, 0.29) is 16.9 Å². The Balaban J connectivity index is 1.89. The first-order chi connectivity index (χ1) is 13.1. The van der Waals surface area contributed by atoms with Crippen LogP contribution in [0, 0.1) is 0 Å². The second kappa shape index (κ2) is 6.93. The molecule has 1 aliphatic rings. The van der Waals surface area contributed by atoms with Gasteiger partial charge in [-0.25, -0.2) is 4.57 Å². The number of ether oxygens (including phenoxy) is 1. The Morgan fingerprint density at radius 3 is 2.81 bits per heavy atom. The molecule has 0 atom stereocenters. The van der Waals surface area contributed by atoms with Crippen molar-refractivity contribution in [3.63, 3.8) is 0 Å². The lowest BCUT2D eigenvalue weighted by Gasteiger charge is -2.26. The van der Waals surface area contributed by atoms with Gasteiger partial charge in [-0.05, 0) is 18.2 Å². The number of hydrogen-bond donors (Lipinski definition) is 2. The second-order valence-electron chi connectivity index (χ2n) is 6.50. The van der Waals surface area contributed by atoms with E-state index in [1.165, 1.54) is 10.5 Å². The molecule has 0 saturated carbocycles. The summed E-state index contributed by atoms with van der Waals surface area (Å²) in [5.41, 5.74) is 12.5. The third kappa shape index (κ3) is 3.11. The lowest BCUT2D eigenvalue weighted by atomic mass is 10.2. The lowest BCUT2D eigenvalue weighted by molar-refractivity contribution is -0.658. The fraction of sp³-hybridized carbons (Fsp3) is 0.333. The zero-order valence-corrected chi connectivity index (χ0v) is 14.8. The van der Waals surface area contributed by atoms with Crippen molar-refractivity contribution < 1.29 is 14.1 Å². The highest BCUT2D eigenvalue weighted by atomic mass is 16.5. The van der Waals surface area contributed by atoms with E-state index in [9.17, 15) is 9.59 Å². The Kier molecular flexibility index (Phi) is 4.46. The summed E-state index contributed by atoms with van der Waals surface area (Å²) in [6.07, 6.45) is 1.64. The lowest BCUT2D eigenvalue weighted by Crippen LogP contribution is -2.48. The van der Waals surface area contributed by atoms with Gasteiger partial charge in [-0.2, -0.15) is 0 Å². The Labute approximate surface area is 154 Å². The minimum atomic E-state index is -0.674. The SMILES string of the molecule is NC(=O)c1cc2c(=O)n3ccccc3nc2[n+](CCN2CCOCC2)c1N. The van der Waals surface area contributed by atoms with Crippen LogP contribution >= 0.6 is 0 Å². The predicted molar refractivity (Wildman–Crippen MR) is 99.4 cm³/mol. The molecule has 140 valence electrons. The normalized spacial score (nSPS) is 15.4. The van der Waals surface area contributed by atoms with Gasteiger partial charge < -0.3 is 16.2 Å². The summed E-state index contributed by atoms with van der Waals surface area (Å²) in [6, 6.07) is 6.76. The molecule has 0 unspecified atom stereocenters. The smallest absolute Gasteiger partial charge is 0.278 e. The van der Waals surface area contributed by atoms with E-state index in [1.54, 1.807) is 22.9 Å². The first kappa shape index (κ1) is 17.4. The van der Waals surface area contributed by atoms with E-state index < -0.39 is 5.91 Å². The number of amides is 1. The van der Waals surface area contributed by atoms with E-state index in [1.807, 2.05) is 6.07 Å². The molecule has 0 aliphatic carbocycles. The summed E-state index contributed by atoms with van der Waals surface area (Å²) < 4.78 is 8.52. The second-order valence-corrected chi connectivity index (χ2v) is 6.50. The van der Waals surface area contributed by atoms with E-state index in [4.69, 9.17) is 16.2 Å².